The molecule has 0 aliphatic heterocycles. The van der Waals surface area contributed by atoms with Crippen LogP contribution in [-0.2, 0) is 0 Å². The zero-order chi connectivity index (χ0) is 13.4. The molecule has 0 saturated heterocycles. The standard InChI is InChI=1S/2C8H8O.H2O/c2*1-7(9)8-5-3-2-4-6-8;/h2*2-6H,1H3;1H2. The summed E-state index contributed by atoms with van der Waals surface area (Å²) >= 11 is 0. The average molecular weight is 258 g/mol. The van der Waals surface area contributed by atoms with E-state index in [2.05, 4.69) is 0 Å². The first-order valence-electron chi connectivity index (χ1n) is 5.73. The molecule has 2 N–H and O–H groups in total. The molecule has 2 aromatic carbocycles. The summed E-state index contributed by atoms with van der Waals surface area (Å²) in [5.41, 5.74) is 1.55. The molecule has 0 unspecified atom stereocenters. The highest BCUT2D eigenvalue weighted by Crippen LogP contribution is 1.98. The van der Waals surface area contributed by atoms with Crippen LogP contribution in [0.25, 0.3) is 0 Å². The van der Waals surface area contributed by atoms with Gasteiger partial charge in [-0.25, -0.2) is 0 Å². The quantitative estimate of drug-likeness (QED) is 0.777. The Labute approximate surface area is 113 Å². The van der Waals surface area contributed by atoms with Gasteiger partial charge in [-0.2, -0.15) is 0 Å². The maximum atomic E-state index is 10.6. The minimum atomic E-state index is 0. The van der Waals surface area contributed by atoms with Gasteiger partial charge in [0.1, 0.15) is 0 Å². The van der Waals surface area contributed by atoms with Crippen molar-refractivity contribution in [2.24, 2.45) is 0 Å². The fraction of sp³-hybridized carbons (Fsp3) is 0.125. The monoisotopic (exact) mass is 258 g/mol. The summed E-state index contributed by atoms with van der Waals surface area (Å²) in [4.78, 5) is 21.3. The van der Waals surface area contributed by atoms with E-state index in [1.807, 2.05) is 60.7 Å². The lowest BCUT2D eigenvalue weighted by atomic mass is 10.2. The highest BCUT2D eigenvalue weighted by Gasteiger charge is 1.93. The molecule has 3 heteroatoms. The van der Waals surface area contributed by atoms with Crippen LogP contribution < -0.4 is 0 Å². The Hall–Kier alpha value is -2.26. The number of hydrogen-bond acceptors (Lipinski definition) is 2. The summed E-state index contributed by atoms with van der Waals surface area (Å²) in [6, 6.07) is 18.5. The van der Waals surface area contributed by atoms with E-state index < -0.39 is 0 Å². The zero-order valence-corrected chi connectivity index (χ0v) is 11.1. The minimum Gasteiger partial charge on any atom is -0.412 e. The van der Waals surface area contributed by atoms with Gasteiger partial charge in [-0.15, -0.1) is 0 Å². The second kappa shape index (κ2) is 8.78. The lowest BCUT2D eigenvalue weighted by Crippen LogP contribution is -1.88. The second-order valence-electron chi connectivity index (χ2n) is 3.84. The Morgan fingerprint density at radius 1 is 0.632 bits per heavy atom. The molecule has 19 heavy (non-hydrogen) atoms. The number of ketones is 2. The van der Waals surface area contributed by atoms with Crippen molar-refractivity contribution in [1.29, 1.82) is 0 Å². The van der Waals surface area contributed by atoms with Crippen LogP contribution in [0.4, 0.5) is 0 Å². The van der Waals surface area contributed by atoms with Gasteiger partial charge in [0.25, 0.3) is 0 Å². The molecule has 0 heterocycles. The number of rotatable bonds is 2. The molecule has 100 valence electrons. The molecule has 2 rings (SSSR count). The van der Waals surface area contributed by atoms with Crippen molar-refractivity contribution in [1.82, 2.24) is 0 Å². The van der Waals surface area contributed by atoms with Crippen molar-refractivity contribution in [2.45, 2.75) is 13.8 Å². The number of carbonyl (C=O) groups excluding carboxylic acids is 2. The van der Waals surface area contributed by atoms with E-state index in [0.29, 0.717) is 0 Å². The van der Waals surface area contributed by atoms with Crippen LogP contribution in [0.1, 0.15) is 34.6 Å². The number of benzene rings is 2. The summed E-state index contributed by atoms with van der Waals surface area (Å²) < 4.78 is 0. The molecule has 0 bridgehead atoms. The van der Waals surface area contributed by atoms with E-state index in [4.69, 9.17) is 0 Å². The van der Waals surface area contributed by atoms with Gasteiger partial charge in [-0.1, -0.05) is 60.7 Å². The van der Waals surface area contributed by atoms with E-state index in [9.17, 15) is 9.59 Å². The first-order chi connectivity index (χ1) is 8.61. The van der Waals surface area contributed by atoms with Crippen molar-refractivity contribution < 1.29 is 15.1 Å². The Morgan fingerprint density at radius 2 is 0.895 bits per heavy atom. The summed E-state index contributed by atoms with van der Waals surface area (Å²) in [6.45, 7) is 3.13. The summed E-state index contributed by atoms with van der Waals surface area (Å²) in [5.74, 6) is 0.242. The minimum absolute atomic E-state index is 0. The van der Waals surface area contributed by atoms with Gasteiger partial charge in [0, 0.05) is 11.1 Å². The third-order valence-electron chi connectivity index (χ3n) is 2.36. The maximum absolute atomic E-state index is 10.6. The van der Waals surface area contributed by atoms with Crippen LogP contribution >= 0.6 is 0 Å². The smallest absolute Gasteiger partial charge is 0.159 e. The molecular formula is C16H18O3. The molecule has 3 nitrogen and oxygen atoms in total. The molecule has 0 atom stereocenters. The predicted octanol–water partition coefficient (Wildman–Crippen LogP) is 2.95. The van der Waals surface area contributed by atoms with Crippen LogP contribution in [0.3, 0.4) is 0 Å². The normalized spacial score (nSPS) is 8.53. The molecule has 2 aromatic rings. The third kappa shape index (κ3) is 6.29. The van der Waals surface area contributed by atoms with Gasteiger partial charge in [-0.3, -0.25) is 9.59 Å². The number of carbonyl (C=O) groups is 2. The van der Waals surface area contributed by atoms with Gasteiger partial charge in [0.2, 0.25) is 0 Å². The highest BCUT2D eigenvalue weighted by molar-refractivity contribution is 5.94. The van der Waals surface area contributed by atoms with E-state index in [1.54, 1.807) is 13.8 Å². The summed E-state index contributed by atoms with van der Waals surface area (Å²) in [7, 11) is 0. The van der Waals surface area contributed by atoms with Crippen LogP contribution in [0.15, 0.2) is 60.7 Å². The Bertz CT molecular complexity index is 455. The topological polar surface area (TPSA) is 65.6 Å². The van der Waals surface area contributed by atoms with Crippen molar-refractivity contribution in [3.8, 4) is 0 Å². The fourth-order valence-corrected chi connectivity index (χ4v) is 1.35. The van der Waals surface area contributed by atoms with Crippen molar-refractivity contribution in [3.05, 3.63) is 71.8 Å². The van der Waals surface area contributed by atoms with Crippen molar-refractivity contribution in [2.75, 3.05) is 0 Å². The molecule has 0 aromatic heterocycles. The molecule has 0 aliphatic rings. The van der Waals surface area contributed by atoms with Gasteiger partial charge >= 0.3 is 0 Å². The zero-order valence-electron chi connectivity index (χ0n) is 11.1. The van der Waals surface area contributed by atoms with Crippen LogP contribution in [0.5, 0.6) is 0 Å². The molecule has 0 radical (unpaired) electrons. The van der Waals surface area contributed by atoms with Gasteiger partial charge in [0.15, 0.2) is 11.6 Å². The Balaban J connectivity index is 0.000000324. The first kappa shape index (κ1) is 16.7. The fourth-order valence-electron chi connectivity index (χ4n) is 1.35. The van der Waals surface area contributed by atoms with Crippen LogP contribution in [0, 0.1) is 0 Å². The average Bonchev–Trinajstić information content (AvgIpc) is 2.41. The predicted molar refractivity (Wildman–Crippen MR) is 76.5 cm³/mol. The maximum Gasteiger partial charge on any atom is 0.159 e. The lowest BCUT2D eigenvalue weighted by Gasteiger charge is -1.89. The Kier molecular flexibility index (Phi) is 7.73. The molecule has 0 saturated carbocycles. The summed E-state index contributed by atoms with van der Waals surface area (Å²) in [6.07, 6.45) is 0. The van der Waals surface area contributed by atoms with Gasteiger partial charge < -0.3 is 5.48 Å². The number of Topliss-reactive ketones (excluding diaryl/α,β-unsaturated/α-hetero) is 2. The lowest BCUT2D eigenvalue weighted by molar-refractivity contribution is 0.100. The van der Waals surface area contributed by atoms with Crippen molar-refractivity contribution in [3.63, 3.8) is 0 Å². The number of hydrogen-bond donors (Lipinski definition) is 0. The van der Waals surface area contributed by atoms with Crippen LogP contribution in [-0.4, -0.2) is 17.0 Å². The van der Waals surface area contributed by atoms with Gasteiger partial charge in [0.05, 0.1) is 0 Å². The SMILES string of the molecule is CC(=O)c1ccccc1.CC(=O)c1ccccc1.O. The van der Waals surface area contributed by atoms with Crippen molar-refractivity contribution >= 4 is 11.6 Å². The van der Waals surface area contributed by atoms with E-state index >= 15 is 0 Å². The first-order valence-corrected chi connectivity index (χ1v) is 5.73. The summed E-state index contributed by atoms with van der Waals surface area (Å²) in [5, 5.41) is 0. The molecule has 0 spiro atoms. The molecule has 0 aliphatic carbocycles. The van der Waals surface area contributed by atoms with Crippen LogP contribution in [0.2, 0.25) is 0 Å². The van der Waals surface area contributed by atoms with E-state index in [-0.39, 0.29) is 17.0 Å². The molecular weight excluding hydrogens is 240 g/mol. The largest absolute Gasteiger partial charge is 0.412 e. The Morgan fingerprint density at radius 3 is 1.05 bits per heavy atom. The highest BCUT2D eigenvalue weighted by atomic mass is 16.1. The third-order valence-corrected chi connectivity index (χ3v) is 2.36. The van der Waals surface area contributed by atoms with E-state index in [1.165, 1.54) is 0 Å². The van der Waals surface area contributed by atoms with E-state index in [0.717, 1.165) is 11.1 Å². The molecule has 0 fully saturated rings. The second-order valence-corrected chi connectivity index (χ2v) is 3.84. The molecule has 0 amide bonds. The van der Waals surface area contributed by atoms with Gasteiger partial charge in [-0.05, 0) is 13.8 Å².